The smallest absolute Gasteiger partial charge is 0.321 e. The molecule has 0 aromatic heterocycles. The molecule has 1 aliphatic heterocycles. The first-order valence-corrected chi connectivity index (χ1v) is 9.61. The number of carbonyl (C=O) groups is 2. The summed E-state index contributed by atoms with van der Waals surface area (Å²) in [5.41, 5.74) is 1.52. The lowest BCUT2D eigenvalue weighted by Crippen LogP contribution is -2.42. The number of piperidine rings is 1. The molecule has 0 spiro atoms. The Bertz CT molecular complexity index is 784. The zero-order valence-corrected chi connectivity index (χ0v) is 16.4. The van der Waals surface area contributed by atoms with E-state index < -0.39 is 0 Å². The van der Waals surface area contributed by atoms with Gasteiger partial charge in [-0.3, -0.25) is 4.79 Å². The molecular formula is C22H27N3O3. The van der Waals surface area contributed by atoms with Crippen LogP contribution in [0, 0.1) is 5.92 Å². The molecular weight excluding hydrogens is 354 g/mol. The number of amides is 3. The normalized spacial score (nSPS) is 14.4. The Morgan fingerprint density at radius 1 is 1.07 bits per heavy atom. The van der Waals surface area contributed by atoms with Crippen LogP contribution in [-0.2, 0) is 4.79 Å². The number of carbonyl (C=O) groups excluding carboxylic acids is 2. The van der Waals surface area contributed by atoms with Gasteiger partial charge in [-0.25, -0.2) is 4.79 Å². The number of hydrogen-bond acceptors (Lipinski definition) is 3. The van der Waals surface area contributed by atoms with E-state index in [1.807, 2.05) is 59.5 Å². The number of nitrogens with zero attached hydrogens (tertiary/aromatic N) is 2. The fourth-order valence-electron chi connectivity index (χ4n) is 3.19. The van der Waals surface area contributed by atoms with E-state index in [1.165, 1.54) is 6.92 Å². The van der Waals surface area contributed by atoms with Crippen molar-refractivity contribution in [2.75, 3.05) is 37.0 Å². The van der Waals surface area contributed by atoms with Crippen LogP contribution in [0.15, 0.2) is 54.6 Å². The highest BCUT2D eigenvalue weighted by Gasteiger charge is 2.23. The van der Waals surface area contributed by atoms with Gasteiger partial charge in [0, 0.05) is 38.4 Å². The summed E-state index contributed by atoms with van der Waals surface area (Å²) in [7, 11) is 1.72. The molecule has 0 atom stereocenters. The van der Waals surface area contributed by atoms with Gasteiger partial charge >= 0.3 is 6.03 Å². The first-order chi connectivity index (χ1) is 13.5. The number of urea groups is 1. The zero-order chi connectivity index (χ0) is 19.9. The summed E-state index contributed by atoms with van der Waals surface area (Å²) < 4.78 is 5.84. The van der Waals surface area contributed by atoms with E-state index in [1.54, 1.807) is 11.9 Å². The SMILES string of the molecule is CC(=O)N(C)c1ccc(NC(=O)N2CCC(COc3ccccc3)CC2)cc1. The van der Waals surface area contributed by atoms with Gasteiger partial charge in [-0.15, -0.1) is 0 Å². The predicted molar refractivity (Wildman–Crippen MR) is 111 cm³/mol. The van der Waals surface area contributed by atoms with E-state index in [4.69, 9.17) is 4.74 Å². The molecule has 1 heterocycles. The second-order valence-corrected chi connectivity index (χ2v) is 7.11. The molecule has 6 nitrogen and oxygen atoms in total. The largest absolute Gasteiger partial charge is 0.493 e. The number of nitrogens with one attached hydrogen (secondary N) is 1. The number of para-hydroxylation sites is 1. The topological polar surface area (TPSA) is 61.9 Å². The maximum Gasteiger partial charge on any atom is 0.321 e. The fourth-order valence-corrected chi connectivity index (χ4v) is 3.19. The standard InChI is InChI=1S/C22H27N3O3/c1-17(26)24(2)20-10-8-19(9-11-20)23-22(27)25-14-12-18(13-15-25)16-28-21-6-4-3-5-7-21/h3-11,18H,12-16H2,1-2H3,(H,23,27). The highest BCUT2D eigenvalue weighted by Crippen LogP contribution is 2.21. The summed E-state index contributed by atoms with van der Waals surface area (Å²) in [4.78, 5) is 27.3. The minimum absolute atomic E-state index is 0.0316. The van der Waals surface area contributed by atoms with Crippen LogP contribution >= 0.6 is 0 Å². The number of ether oxygens (including phenoxy) is 1. The van der Waals surface area contributed by atoms with Crippen molar-refractivity contribution in [3.63, 3.8) is 0 Å². The third-order valence-corrected chi connectivity index (χ3v) is 5.11. The highest BCUT2D eigenvalue weighted by atomic mass is 16.5. The minimum atomic E-state index is -0.0879. The number of rotatable bonds is 5. The number of benzene rings is 2. The third-order valence-electron chi connectivity index (χ3n) is 5.11. The Morgan fingerprint density at radius 2 is 1.71 bits per heavy atom. The van der Waals surface area contributed by atoms with Crippen molar-refractivity contribution >= 4 is 23.3 Å². The van der Waals surface area contributed by atoms with Crippen molar-refractivity contribution in [2.24, 2.45) is 5.92 Å². The third kappa shape index (κ3) is 5.25. The van der Waals surface area contributed by atoms with Crippen molar-refractivity contribution in [1.82, 2.24) is 4.90 Å². The molecule has 1 saturated heterocycles. The Kier molecular flexibility index (Phi) is 6.53. The number of likely N-dealkylation sites (tertiary alicyclic amines) is 1. The zero-order valence-electron chi connectivity index (χ0n) is 16.4. The molecule has 0 radical (unpaired) electrons. The monoisotopic (exact) mass is 381 g/mol. The Hall–Kier alpha value is -3.02. The second kappa shape index (κ2) is 9.26. The van der Waals surface area contributed by atoms with Crippen LogP contribution in [0.4, 0.5) is 16.2 Å². The van der Waals surface area contributed by atoms with E-state index in [0.29, 0.717) is 12.5 Å². The maximum atomic E-state index is 12.5. The predicted octanol–water partition coefficient (Wildman–Crippen LogP) is 3.99. The lowest BCUT2D eigenvalue weighted by molar-refractivity contribution is -0.116. The molecule has 0 bridgehead atoms. The molecule has 0 saturated carbocycles. The molecule has 28 heavy (non-hydrogen) atoms. The summed E-state index contributed by atoms with van der Waals surface area (Å²) in [5.74, 6) is 1.32. The molecule has 1 fully saturated rings. The molecule has 1 aliphatic rings. The van der Waals surface area contributed by atoms with Crippen molar-refractivity contribution < 1.29 is 14.3 Å². The minimum Gasteiger partial charge on any atom is -0.493 e. The van der Waals surface area contributed by atoms with Gasteiger partial charge in [-0.1, -0.05) is 18.2 Å². The summed E-state index contributed by atoms with van der Waals surface area (Å²) in [6.45, 7) is 3.65. The number of hydrogen-bond donors (Lipinski definition) is 1. The Morgan fingerprint density at radius 3 is 2.32 bits per heavy atom. The van der Waals surface area contributed by atoms with Crippen LogP contribution in [0.25, 0.3) is 0 Å². The van der Waals surface area contributed by atoms with Gasteiger partial charge in [0.15, 0.2) is 0 Å². The lowest BCUT2D eigenvalue weighted by Gasteiger charge is -2.32. The molecule has 2 aromatic rings. The second-order valence-electron chi connectivity index (χ2n) is 7.11. The van der Waals surface area contributed by atoms with Gasteiger partial charge in [0.1, 0.15) is 5.75 Å². The van der Waals surface area contributed by atoms with E-state index in [0.717, 1.165) is 43.1 Å². The van der Waals surface area contributed by atoms with E-state index >= 15 is 0 Å². The van der Waals surface area contributed by atoms with E-state index in [2.05, 4.69) is 5.32 Å². The van der Waals surface area contributed by atoms with Crippen molar-refractivity contribution in [3.05, 3.63) is 54.6 Å². The lowest BCUT2D eigenvalue weighted by atomic mass is 9.98. The van der Waals surface area contributed by atoms with Crippen LogP contribution in [-0.4, -0.2) is 43.6 Å². The van der Waals surface area contributed by atoms with Gasteiger partial charge in [-0.05, 0) is 55.2 Å². The van der Waals surface area contributed by atoms with Crippen LogP contribution < -0.4 is 15.0 Å². The fraction of sp³-hybridized carbons (Fsp3) is 0.364. The molecule has 0 unspecified atom stereocenters. The molecule has 3 rings (SSSR count). The molecule has 6 heteroatoms. The van der Waals surface area contributed by atoms with Crippen LogP contribution in [0.3, 0.4) is 0 Å². The van der Waals surface area contributed by atoms with Crippen LogP contribution in [0.2, 0.25) is 0 Å². The van der Waals surface area contributed by atoms with Crippen LogP contribution in [0.1, 0.15) is 19.8 Å². The molecule has 148 valence electrons. The summed E-state index contributed by atoms with van der Waals surface area (Å²) in [6, 6.07) is 17.0. The van der Waals surface area contributed by atoms with Crippen molar-refractivity contribution in [1.29, 1.82) is 0 Å². The van der Waals surface area contributed by atoms with E-state index in [-0.39, 0.29) is 11.9 Å². The average molecular weight is 381 g/mol. The van der Waals surface area contributed by atoms with E-state index in [9.17, 15) is 9.59 Å². The van der Waals surface area contributed by atoms with Gasteiger partial charge in [-0.2, -0.15) is 0 Å². The quantitative estimate of drug-likeness (QED) is 0.852. The first kappa shape index (κ1) is 19.7. The molecule has 1 N–H and O–H groups in total. The Labute approximate surface area is 166 Å². The molecule has 2 aromatic carbocycles. The average Bonchev–Trinajstić information content (AvgIpc) is 2.73. The molecule has 0 aliphatic carbocycles. The van der Waals surface area contributed by atoms with Crippen molar-refractivity contribution in [2.45, 2.75) is 19.8 Å². The first-order valence-electron chi connectivity index (χ1n) is 9.61. The van der Waals surface area contributed by atoms with Crippen LogP contribution in [0.5, 0.6) is 5.75 Å². The van der Waals surface area contributed by atoms with Gasteiger partial charge in [0.05, 0.1) is 6.61 Å². The van der Waals surface area contributed by atoms with Gasteiger partial charge in [0.25, 0.3) is 0 Å². The number of anilines is 2. The molecule has 3 amide bonds. The maximum absolute atomic E-state index is 12.5. The summed E-state index contributed by atoms with van der Waals surface area (Å²) in [5, 5.41) is 2.93. The highest BCUT2D eigenvalue weighted by molar-refractivity contribution is 5.92. The Balaban J connectivity index is 1.44. The summed E-state index contributed by atoms with van der Waals surface area (Å²) in [6.07, 6.45) is 1.87. The van der Waals surface area contributed by atoms with Gasteiger partial charge in [0.2, 0.25) is 5.91 Å². The van der Waals surface area contributed by atoms with Crippen molar-refractivity contribution in [3.8, 4) is 5.75 Å². The van der Waals surface area contributed by atoms with Gasteiger partial charge < -0.3 is 19.9 Å². The summed E-state index contributed by atoms with van der Waals surface area (Å²) >= 11 is 0.